The van der Waals surface area contributed by atoms with Gasteiger partial charge in [0.1, 0.15) is 0 Å². The zero-order chi connectivity index (χ0) is 10.7. The van der Waals surface area contributed by atoms with E-state index >= 15 is 0 Å². The van der Waals surface area contributed by atoms with Gasteiger partial charge in [0.05, 0.1) is 0 Å². The van der Waals surface area contributed by atoms with Crippen LogP contribution < -0.4 is 5.73 Å². The summed E-state index contributed by atoms with van der Waals surface area (Å²) in [6.07, 6.45) is 4.10. The summed E-state index contributed by atoms with van der Waals surface area (Å²) in [6, 6.07) is 0.868. The Bertz CT molecular complexity index is 195. The Balaban J connectivity index is 1.71. The highest BCUT2D eigenvalue weighted by Gasteiger charge is 2.30. The minimum atomic E-state index is 0.687. The highest BCUT2D eigenvalue weighted by Crippen LogP contribution is 2.21. The average Bonchev–Trinajstić information content (AvgIpc) is 2.72. The van der Waals surface area contributed by atoms with Gasteiger partial charge in [-0.1, -0.05) is 6.92 Å². The molecule has 2 saturated heterocycles. The van der Waals surface area contributed by atoms with E-state index in [4.69, 9.17) is 5.73 Å². The van der Waals surface area contributed by atoms with Gasteiger partial charge in [-0.25, -0.2) is 0 Å². The number of fused-ring (bicyclic) bond motifs is 1. The summed E-state index contributed by atoms with van der Waals surface area (Å²) >= 11 is 0. The molecule has 2 heterocycles. The van der Waals surface area contributed by atoms with Crippen molar-refractivity contribution in [1.82, 2.24) is 9.80 Å². The molecule has 0 aliphatic carbocycles. The van der Waals surface area contributed by atoms with Gasteiger partial charge in [-0.15, -0.1) is 0 Å². The van der Waals surface area contributed by atoms with E-state index < -0.39 is 0 Å². The van der Waals surface area contributed by atoms with Gasteiger partial charge < -0.3 is 10.6 Å². The second-order valence-electron chi connectivity index (χ2n) is 5.26. The molecule has 0 aromatic carbocycles. The zero-order valence-corrected chi connectivity index (χ0v) is 9.99. The van der Waals surface area contributed by atoms with Gasteiger partial charge in [0.15, 0.2) is 0 Å². The Morgan fingerprint density at radius 3 is 3.00 bits per heavy atom. The summed E-state index contributed by atoms with van der Waals surface area (Å²) < 4.78 is 0. The standard InChI is InChI=1S/C12H25N3/c1-11(9-13)4-6-14-7-8-15-5-2-3-12(15)10-14/h11-12H,2-10,13H2,1H3. The van der Waals surface area contributed by atoms with Crippen LogP contribution in [-0.4, -0.2) is 55.1 Å². The van der Waals surface area contributed by atoms with Crippen molar-refractivity contribution in [2.45, 2.75) is 32.2 Å². The van der Waals surface area contributed by atoms with Gasteiger partial charge in [0.25, 0.3) is 0 Å². The lowest BCUT2D eigenvalue weighted by Crippen LogP contribution is -2.50. The Labute approximate surface area is 93.6 Å². The maximum Gasteiger partial charge on any atom is 0.0224 e. The lowest BCUT2D eigenvalue weighted by Gasteiger charge is -2.37. The predicted molar refractivity (Wildman–Crippen MR) is 63.9 cm³/mol. The second-order valence-corrected chi connectivity index (χ2v) is 5.26. The van der Waals surface area contributed by atoms with E-state index in [1.807, 2.05) is 0 Å². The molecule has 2 aliphatic heterocycles. The van der Waals surface area contributed by atoms with E-state index in [0.717, 1.165) is 12.6 Å². The first-order valence-electron chi connectivity index (χ1n) is 6.46. The summed E-state index contributed by atoms with van der Waals surface area (Å²) in [7, 11) is 0. The van der Waals surface area contributed by atoms with E-state index in [1.165, 1.54) is 52.0 Å². The summed E-state index contributed by atoms with van der Waals surface area (Å²) in [4.78, 5) is 5.31. The molecule has 0 spiro atoms. The van der Waals surface area contributed by atoms with Crippen LogP contribution in [0.2, 0.25) is 0 Å². The summed E-state index contributed by atoms with van der Waals surface area (Å²) in [5, 5.41) is 0. The lowest BCUT2D eigenvalue weighted by atomic mass is 10.1. The van der Waals surface area contributed by atoms with Crippen molar-refractivity contribution in [1.29, 1.82) is 0 Å². The third-order valence-electron chi connectivity index (χ3n) is 4.01. The monoisotopic (exact) mass is 211 g/mol. The normalized spacial score (nSPS) is 30.4. The van der Waals surface area contributed by atoms with Crippen LogP contribution in [-0.2, 0) is 0 Å². The molecule has 3 nitrogen and oxygen atoms in total. The largest absolute Gasteiger partial charge is 0.330 e. The van der Waals surface area contributed by atoms with Crippen LogP contribution in [0.4, 0.5) is 0 Å². The first-order chi connectivity index (χ1) is 7.29. The highest BCUT2D eigenvalue weighted by atomic mass is 15.3. The Kier molecular flexibility index (Phi) is 4.00. The Morgan fingerprint density at radius 1 is 1.33 bits per heavy atom. The third kappa shape index (κ3) is 2.92. The van der Waals surface area contributed by atoms with E-state index in [9.17, 15) is 0 Å². The van der Waals surface area contributed by atoms with Gasteiger partial charge in [0, 0.05) is 25.7 Å². The first-order valence-corrected chi connectivity index (χ1v) is 6.46. The van der Waals surface area contributed by atoms with Crippen molar-refractivity contribution in [3.63, 3.8) is 0 Å². The lowest BCUT2D eigenvalue weighted by molar-refractivity contribution is 0.101. The minimum absolute atomic E-state index is 0.687. The smallest absolute Gasteiger partial charge is 0.0224 e. The van der Waals surface area contributed by atoms with Crippen LogP contribution in [0.15, 0.2) is 0 Å². The number of nitrogens with zero attached hydrogens (tertiary/aromatic N) is 2. The van der Waals surface area contributed by atoms with E-state index in [0.29, 0.717) is 5.92 Å². The van der Waals surface area contributed by atoms with Crippen molar-refractivity contribution >= 4 is 0 Å². The summed E-state index contributed by atoms with van der Waals surface area (Å²) in [5.41, 5.74) is 5.65. The molecule has 2 unspecified atom stereocenters. The van der Waals surface area contributed by atoms with Crippen LogP contribution in [0.1, 0.15) is 26.2 Å². The van der Waals surface area contributed by atoms with Crippen molar-refractivity contribution in [3.8, 4) is 0 Å². The highest BCUT2D eigenvalue weighted by molar-refractivity contribution is 4.86. The molecule has 2 aliphatic rings. The number of rotatable bonds is 4. The molecule has 0 bridgehead atoms. The van der Waals surface area contributed by atoms with Gasteiger partial charge in [0.2, 0.25) is 0 Å². The molecule has 3 heteroatoms. The fourth-order valence-corrected chi connectivity index (χ4v) is 2.78. The molecule has 2 rings (SSSR count). The zero-order valence-electron chi connectivity index (χ0n) is 9.99. The maximum atomic E-state index is 5.65. The predicted octanol–water partition coefficient (Wildman–Crippen LogP) is 0.751. The van der Waals surface area contributed by atoms with Crippen LogP contribution >= 0.6 is 0 Å². The fourth-order valence-electron chi connectivity index (χ4n) is 2.78. The molecule has 88 valence electrons. The van der Waals surface area contributed by atoms with Gasteiger partial charge >= 0.3 is 0 Å². The van der Waals surface area contributed by atoms with Crippen molar-refractivity contribution < 1.29 is 0 Å². The molecule has 2 N–H and O–H groups in total. The van der Waals surface area contributed by atoms with Gasteiger partial charge in [-0.05, 0) is 44.8 Å². The van der Waals surface area contributed by atoms with E-state index in [1.54, 1.807) is 0 Å². The molecule has 0 aromatic rings. The molecule has 2 fully saturated rings. The quantitative estimate of drug-likeness (QED) is 0.745. The van der Waals surface area contributed by atoms with Gasteiger partial charge in [-0.3, -0.25) is 4.90 Å². The SMILES string of the molecule is CC(CN)CCN1CCN2CCCC2C1. The maximum absolute atomic E-state index is 5.65. The molecule has 0 saturated carbocycles. The number of hydrogen-bond acceptors (Lipinski definition) is 3. The number of piperazine rings is 1. The number of nitrogens with two attached hydrogens (primary N) is 1. The summed E-state index contributed by atoms with van der Waals surface area (Å²) in [5.74, 6) is 0.687. The Morgan fingerprint density at radius 2 is 2.20 bits per heavy atom. The van der Waals surface area contributed by atoms with E-state index in [-0.39, 0.29) is 0 Å². The minimum Gasteiger partial charge on any atom is -0.330 e. The molecular formula is C12H25N3. The Hall–Kier alpha value is -0.120. The first kappa shape index (κ1) is 11.4. The fraction of sp³-hybridized carbons (Fsp3) is 1.00. The van der Waals surface area contributed by atoms with Crippen LogP contribution in [0.25, 0.3) is 0 Å². The van der Waals surface area contributed by atoms with Crippen LogP contribution in [0, 0.1) is 5.92 Å². The average molecular weight is 211 g/mol. The van der Waals surface area contributed by atoms with Crippen LogP contribution in [0.5, 0.6) is 0 Å². The number of hydrogen-bond donors (Lipinski definition) is 1. The van der Waals surface area contributed by atoms with Gasteiger partial charge in [-0.2, -0.15) is 0 Å². The molecule has 0 amide bonds. The van der Waals surface area contributed by atoms with Crippen LogP contribution in [0.3, 0.4) is 0 Å². The van der Waals surface area contributed by atoms with E-state index in [2.05, 4.69) is 16.7 Å². The molecular weight excluding hydrogens is 186 g/mol. The van der Waals surface area contributed by atoms with Crippen molar-refractivity contribution in [3.05, 3.63) is 0 Å². The second kappa shape index (κ2) is 5.28. The van der Waals surface area contributed by atoms with Crippen molar-refractivity contribution in [2.75, 3.05) is 39.3 Å². The van der Waals surface area contributed by atoms with Crippen molar-refractivity contribution in [2.24, 2.45) is 11.7 Å². The molecule has 15 heavy (non-hydrogen) atoms. The third-order valence-corrected chi connectivity index (χ3v) is 4.01. The summed E-state index contributed by atoms with van der Waals surface area (Å²) in [6.45, 7) is 9.56. The topological polar surface area (TPSA) is 32.5 Å². The molecule has 0 aromatic heterocycles. The molecule has 0 radical (unpaired) electrons. The molecule has 2 atom stereocenters.